The second kappa shape index (κ2) is 6.61. The molecule has 1 aromatic rings. The molecule has 5 heteroatoms. The highest BCUT2D eigenvalue weighted by Gasteiger charge is 2.14. The number of benzene rings is 1. The Morgan fingerprint density at radius 2 is 2.06 bits per heavy atom. The van der Waals surface area contributed by atoms with Gasteiger partial charge in [0, 0.05) is 6.54 Å². The molecule has 1 fully saturated rings. The smallest absolute Gasteiger partial charge is 0.319 e. The maximum absolute atomic E-state index is 11.7. The first-order chi connectivity index (χ1) is 8.75. The highest BCUT2D eigenvalue weighted by molar-refractivity contribution is 6.33. The van der Waals surface area contributed by atoms with E-state index in [4.69, 9.17) is 11.6 Å². The van der Waals surface area contributed by atoms with Gasteiger partial charge in [0.25, 0.3) is 0 Å². The van der Waals surface area contributed by atoms with Crippen LogP contribution in [-0.4, -0.2) is 25.7 Å². The highest BCUT2D eigenvalue weighted by atomic mass is 35.5. The van der Waals surface area contributed by atoms with Gasteiger partial charge in [-0.3, -0.25) is 0 Å². The van der Waals surface area contributed by atoms with E-state index in [1.807, 2.05) is 12.1 Å². The summed E-state index contributed by atoms with van der Waals surface area (Å²) >= 11 is 5.97. The lowest BCUT2D eigenvalue weighted by Crippen LogP contribution is -2.37. The van der Waals surface area contributed by atoms with Gasteiger partial charge in [-0.05, 0) is 44.0 Å². The summed E-state index contributed by atoms with van der Waals surface area (Å²) in [4.78, 5) is 11.7. The topological polar surface area (TPSA) is 53.2 Å². The predicted molar refractivity (Wildman–Crippen MR) is 74.1 cm³/mol. The maximum Gasteiger partial charge on any atom is 0.319 e. The third-order valence-corrected chi connectivity index (χ3v) is 3.46. The van der Waals surface area contributed by atoms with Crippen molar-refractivity contribution in [2.24, 2.45) is 5.92 Å². The third kappa shape index (κ3) is 3.89. The number of urea groups is 1. The van der Waals surface area contributed by atoms with Crippen LogP contribution in [0.3, 0.4) is 0 Å². The zero-order valence-electron chi connectivity index (χ0n) is 10.2. The Morgan fingerprint density at radius 3 is 2.78 bits per heavy atom. The van der Waals surface area contributed by atoms with E-state index < -0.39 is 0 Å². The Hall–Kier alpha value is -1.26. The van der Waals surface area contributed by atoms with Crippen LogP contribution in [0.2, 0.25) is 5.02 Å². The molecule has 0 atom stereocenters. The lowest BCUT2D eigenvalue weighted by molar-refractivity contribution is 0.248. The lowest BCUT2D eigenvalue weighted by Gasteiger charge is -2.22. The van der Waals surface area contributed by atoms with Gasteiger partial charge in [-0.25, -0.2) is 4.79 Å². The van der Waals surface area contributed by atoms with Gasteiger partial charge < -0.3 is 16.0 Å². The third-order valence-electron chi connectivity index (χ3n) is 3.13. The quantitative estimate of drug-likeness (QED) is 0.788. The molecule has 0 radical (unpaired) electrons. The number of nitrogens with one attached hydrogen (secondary N) is 3. The Balaban J connectivity index is 1.76. The molecular formula is C13H18ClN3O. The van der Waals surface area contributed by atoms with Crippen LogP contribution in [-0.2, 0) is 0 Å². The van der Waals surface area contributed by atoms with Crippen molar-refractivity contribution in [1.29, 1.82) is 0 Å². The van der Waals surface area contributed by atoms with Gasteiger partial charge in [0.15, 0.2) is 0 Å². The predicted octanol–water partition coefficient (Wildman–Crippen LogP) is 2.46. The van der Waals surface area contributed by atoms with Gasteiger partial charge in [-0.1, -0.05) is 23.7 Å². The molecule has 98 valence electrons. The molecule has 3 N–H and O–H groups in total. The molecule has 0 aliphatic carbocycles. The number of carbonyl (C=O) groups excluding carboxylic acids is 1. The zero-order chi connectivity index (χ0) is 12.8. The zero-order valence-corrected chi connectivity index (χ0v) is 11.0. The number of hydrogen-bond acceptors (Lipinski definition) is 2. The van der Waals surface area contributed by atoms with Crippen molar-refractivity contribution in [3.05, 3.63) is 29.3 Å². The number of anilines is 1. The van der Waals surface area contributed by atoms with Crippen LogP contribution in [0.15, 0.2) is 24.3 Å². The van der Waals surface area contributed by atoms with Gasteiger partial charge in [0.05, 0.1) is 10.7 Å². The summed E-state index contributed by atoms with van der Waals surface area (Å²) in [5, 5.41) is 9.50. The van der Waals surface area contributed by atoms with E-state index >= 15 is 0 Å². The standard InChI is InChI=1S/C13H18ClN3O/c14-11-3-1-2-4-12(11)17-13(18)16-9-10-5-7-15-8-6-10/h1-4,10,15H,5-9H2,(H2,16,17,18). The summed E-state index contributed by atoms with van der Waals surface area (Å²) in [5.74, 6) is 0.572. The van der Waals surface area contributed by atoms with Crippen molar-refractivity contribution >= 4 is 23.3 Å². The number of halogens is 1. The monoisotopic (exact) mass is 267 g/mol. The molecule has 18 heavy (non-hydrogen) atoms. The minimum atomic E-state index is -0.193. The minimum Gasteiger partial charge on any atom is -0.338 e. The van der Waals surface area contributed by atoms with Gasteiger partial charge in [0.1, 0.15) is 0 Å². The summed E-state index contributed by atoms with van der Waals surface area (Å²) in [6.45, 7) is 2.80. The fourth-order valence-electron chi connectivity index (χ4n) is 2.05. The molecule has 0 bridgehead atoms. The Kier molecular flexibility index (Phi) is 4.84. The Labute approximate surface area is 112 Å². The second-order valence-electron chi connectivity index (χ2n) is 4.51. The van der Waals surface area contributed by atoms with Crippen LogP contribution < -0.4 is 16.0 Å². The van der Waals surface area contributed by atoms with Crippen molar-refractivity contribution < 1.29 is 4.79 Å². The van der Waals surface area contributed by atoms with E-state index in [-0.39, 0.29) is 6.03 Å². The van der Waals surface area contributed by atoms with E-state index in [1.54, 1.807) is 12.1 Å². The number of para-hydroxylation sites is 1. The van der Waals surface area contributed by atoms with Crippen LogP contribution in [0, 0.1) is 5.92 Å². The second-order valence-corrected chi connectivity index (χ2v) is 4.92. The lowest BCUT2D eigenvalue weighted by atomic mass is 9.98. The molecule has 2 rings (SSSR count). The van der Waals surface area contributed by atoms with Gasteiger partial charge >= 0.3 is 6.03 Å². The summed E-state index contributed by atoms with van der Waals surface area (Å²) in [5.41, 5.74) is 0.641. The number of rotatable bonds is 3. The molecule has 1 saturated heterocycles. The number of hydrogen-bond donors (Lipinski definition) is 3. The minimum absolute atomic E-state index is 0.193. The molecule has 1 heterocycles. The van der Waals surface area contributed by atoms with Crippen molar-refractivity contribution in [2.45, 2.75) is 12.8 Å². The Morgan fingerprint density at radius 1 is 1.33 bits per heavy atom. The Bertz CT molecular complexity index is 405. The van der Waals surface area contributed by atoms with Crippen LogP contribution in [0.4, 0.5) is 10.5 Å². The van der Waals surface area contributed by atoms with Crippen molar-refractivity contribution in [3.8, 4) is 0 Å². The number of carbonyl (C=O) groups is 1. The first-order valence-corrected chi connectivity index (χ1v) is 6.63. The van der Waals surface area contributed by atoms with E-state index in [2.05, 4.69) is 16.0 Å². The summed E-state index contributed by atoms with van der Waals surface area (Å²) in [7, 11) is 0. The van der Waals surface area contributed by atoms with E-state index in [0.29, 0.717) is 16.6 Å². The molecule has 0 saturated carbocycles. The van der Waals surface area contributed by atoms with Gasteiger partial charge in [-0.2, -0.15) is 0 Å². The molecule has 1 aliphatic heterocycles. The molecule has 4 nitrogen and oxygen atoms in total. The fourth-order valence-corrected chi connectivity index (χ4v) is 2.23. The summed E-state index contributed by atoms with van der Waals surface area (Å²) < 4.78 is 0. The molecule has 0 unspecified atom stereocenters. The summed E-state index contributed by atoms with van der Waals surface area (Å²) in [6.07, 6.45) is 2.23. The molecule has 1 aliphatic rings. The first-order valence-electron chi connectivity index (χ1n) is 6.26. The SMILES string of the molecule is O=C(NCC1CCNCC1)Nc1ccccc1Cl. The van der Waals surface area contributed by atoms with Crippen LogP contribution in [0.5, 0.6) is 0 Å². The number of amides is 2. The number of piperidine rings is 1. The first kappa shape index (κ1) is 13.2. The summed E-state index contributed by atoms with van der Waals surface area (Å²) in [6, 6.07) is 7.02. The largest absolute Gasteiger partial charge is 0.338 e. The van der Waals surface area contributed by atoms with Gasteiger partial charge in [0.2, 0.25) is 0 Å². The molecule has 2 amide bonds. The molecular weight excluding hydrogens is 250 g/mol. The normalized spacial score (nSPS) is 16.3. The maximum atomic E-state index is 11.7. The highest BCUT2D eigenvalue weighted by Crippen LogP contribution is 2.20. The van der Waals surface area contributed by atoms with Crippen LogP contribution in [0.25, 0.3) is 0 Å². The van der Waals surface area contributed by atoms with E-state index in [1.165, 1.54) is 0 Å². The molecule has 0 aromatic heterocycles. The van der Waals surface area contributed by atoms with E-state index in [9.17, 15) is 4.79 Å². The molecule has 0 spiro atoms. The van der Waals surface area contributed by atoms with Crippen molar-refractivity contribution in [1.82, 2.24) is 10.6 Å². The average molecular weight is 268 g/mol. The van der Waals surface area contributed by atoms with E-state index in [0.717, 1.165) is 32.5 Å². The molecule has 1 aromatic carbocycles. The van der Waals surface area contributed by atoms with Gasteiger partial charge in [-0.15, -0.1) is 0 Å². The van der Waals surface area contributed by atoms with Crippen LogP contribution >= 0.6 is 11.6 Å². The fraction of sp³-hybridized carbons (Fsp3) is 0.462. The van der Waals surface area contributed by atoms with Crippen LogP contribution in [0.1, 0.15) is 12.8 Å². The average Bonchev–Trinajstić information content (AvgIpc) is 2.40. The van der Waals surface area contributed by atoms with Crippen molar-refractivity contribution in [2.75, 3.05) is 25.0 Å². The van der Waals surface area contributed by atoms with Crippen molar-refractivity contribution in [3.63, 3.8) is 0 Å².